The number of allylic oxidation sites excluding steroid dienone is 1. The first-order chi connectivity index (χ1) is 7.99. The van der Waals surface area contributed by atoms with Crippen LogP contribution in [-0.4, -0.2) is 12.6 Å². The second-order valence-corrected chi connectivity index (χ2v) is 4.96. The zero-order valence-electron chi connectivity index (χ0n) is 10.7. The Balaban J connectivity index is 2.79. The van der Waals surface area contributed by atoms with E-state index in [1.807, 2.05) is 45.0 Å². The fraction of sp³-hybridized carbons (Fsp3) is 0.429. The van der Waals surface area contributed by atoms with Crippen LogP contribution in [0.2, 0.25) is 5.02 Å². The van der Waals surface area contributed by atoms with Gasteiger partial charge in [-0.25, -0.2) is 0 Å². The summed E-state index contributed by atoms with van der Waals surface area (Å²) in [5.74, 6) is 0.865. The molecule has 0 bridgehead atoms. The fourth-order valence-corrected chi connectivity index (χ4v) is 1.69. The lowest BCUT2D eigenvalue weighted by Crippen LogP contribution is -2.18. The van der Waals surface area contributed by atoms with E-state index in [1.54, 1.807) is 0 Å². The van der Waals surface area contributed by atoms with E-state index in [9.17, 15) is 0 Å². The normalized spacial score (nSPS) is 12.1. The molecule has 2 nitrogen and oxygen atoms in total. The molecular weight excluding hydrogens is 234 g/mol. The van der Waals surface area contributed by atoms with Gasteiger partial charge >= 0.3 is 0 Å². The Bertz CT molecular complexity index is 395. The van der Waals surface area contributed by atoms with Gasteiger partial charge in [-0.15, -0.1) is 0 Å². The molecule has 17 heavy (non-hydrogen) atoms. The molecule has 0 saturated heterocycles. The van der Waals surface area contributed by atoms with Gasteiger partial charge < -0.3 is 10.5 Å². The highest BCUT2D eigenvalue weighted by Gasteiger charge is 2.06. The van der Waals surface area contributed by atoms with Crippen LogP contribution in [0.1, 0.15) is 26.3 Å². The third kappa shape index (κ3) is 5.24. The first kappa shape index (κ1) is 14.1. The Morgan fingerprint density at radius 1 is 1.47 bits per heavy atom. The van der Waals surface area contributed by atoms with Gasteiger partial charge in [-0.1, -0.05) is 17.2 Å². The predicted octanol–water partition coefficient (Wildman–Crippen LogP) is 3.57. The largest absolute Gasteiger partial charge is 0.489 e. The van der Waals surface area contributed by atoms with Gasteiger partial charge in [0.2, 0.25) is 0 Å². The molecule has 0 heterocycles. The molecule has 94 valence electrons. The highest BCUT2D eigenvalue weighted by atomic mass is 35.5. The van der Waals surface area contributed by atoms with Gasteiger partial charge in [-0.3, -0.25) is 0 Å². The van der Waals surface area contributed by atoms with Gasteiger partial charge in [0.1, 0.15) is 12.4 Å². The highest BCUT2D eigenvalue weighted by molar-refractivity contribution is 6.30. The Kier molecular flexibility index (Phi) is 5.52. The molecule has 3 heteroatoms. The zero-order chi connectivity index (χ0) is 12.8. The van der Waals surface area contributed by atoms with Crippen molar-refractivity contribution in [2.75, 3.05) is 6.61 Å². The molecule has 0 aliphatic heterocycles. The zero-order valence-corrected chi connectivity index (χ0v) is 11.4. The topological polar surface area (TPSA) is 35.2 Å². The predicted molar refractivity (Wildman–Crippen MR) is 73.7 cm³/mol. The van der Waals surface area contributed by atoms with E-state index >= 15 is 0 Å². The standard InChI is InChI=1S/C14H20ClNO/c1-10(2)6-7-17-14-5-4-13(15)9-12(14)8-11(3)16/h4-6,9,11H,7-8,16H2,1-3H3. The number of rotatable bonds is 5. The van der Waals surface area contributed by atoms with E-state index in [2.05, 4.69) is 0 Å². The summed E-state index contributed by atoms with van der Waals surface area (Å²) in [5, 5.41) is 0.718. The van der Waals surface area contributed by atoms with E-state index in [4.69, 9.17) is 22.1 Å². The summed E-state index contributed by atoms with van der Waals surface area (Å²) >= 11 is 5.98. The minimum Gasteiger partial charge on any atom is -0.489 e. The van der Waals surface area contributed by atoms with Crippen LogP contribution in [0.4, 0.5) is 0 Å². The molecule has 1 aromatic carbocycles. The summed E-state index contributed by atoms with van der Waals surface area (Å²) in [6.45, 7) is 6.65. The Morgan fingerprint density at radius 3 is 2.76 bits per heavy atom. The number of benzene rings is 1. The third-order valence-electron chi connectivity index (χ3n) is 2.29. The Labute approximate surface area is 108 Å². The van der Waals surface area contributed by atoms with E-state index in [-0.39, 0.29) is 6.04 Å². The molecule has 2 N–H and O–H groups in total. The maximum absolute atomic E-state index is 5.98. The van der Waals surface area contributed by atoms with E-state index in [1.165, 1.54) is 5.57 Å². The molecule has 0 fully saturated rings. The second-order valence-electron chi connectivity index (χ2n) is 4.53. The molecule has 0 spiro atoms. The lowest BCUT2D eigenvalue weighted by Gasteiger charge is -2.12. The van der Waals surface area contributed by atoms with Crippen molar-refractivity contribution in [3.8, 4) is 5.75 Å². The van der Waals surface area contributed by atoms with Crippen LogP contribution in [-0.2, 0) is 6.42 Å². The number of halogens is 1. The number of nitrogens with two attached hydrogens (primary N) is 1. The molecule has 1 rings (SSSR count). The van der Waals surface area contributed by atoms with Crippen molar-refractivity contribution in [2.24, 2.45) is 5.73 Å². The Hall–Kier alpha value is -0.990. The summed E-state index contributed by atoms with van der Waals surface area (Å²) in [6, 6.07) is 5.76. The smallest absolute Gasteiger partial charge is 0.123 e. The summed E-state index contributed by atoms with van der Waals surface area (Å²) in [4.78, 5) is 0. The fourth-order valence-electron chi connectivity index (χ4n) is 1.49. The number of ether oxygens (including phenoxy) is 1. The van der Waals surface area contributed by atoms with Gasteiger partial charge in [0.25, 0.3) is 0 Å². The van der Waals surface area contributed by atoms with Crippen LogP contribution in [0.3, 0.4) is 0 Å². The summed E-state index contributed by atoms with van der Waals surface area (Å²) in [7, 11) is 0. The Morgan fingerprint density at radius 2 is 2.18 bits per heavy atom. The average molecular weight is 254 g/mol. The van der Waals surface area contributed by atoms with Crippen molar-refractivity contribution in [2.45, 2.75) is 33.2 Å². The first-order valence-corrected chi connectivity index (χ1v) is 6.17. The SMILES string of the molecule is CC(C)=CCOc1ccc(Cl)cc1CC(C)N. The molecule has 0 aromatic heterocycles. The maximum atomic E-state index is 5.98. The quantitative estimate of drug-likeness (QED) is 0.815. The third-order valence-corrected chi connectivity index (χ3v) is 2.53. The molecular formula is C14H20ClNO. The van der Waals surface area contributed by atoms with Crippen molar-refractivity contribution in [3.05, 3.63) is 40.4 Å². The van der Waals surface area contributed by atoms with Crippen LogP contribution in [0.15, 0.2) is 29.8 Å². The van der Waals surface area contributed by atoms with Crippen LogP contribution in [0, 0.1) is 0 Å². The molecule has 0 saturated carbocycles. The number of hydrogen-bond acceptors (Lipinski definition) is 2. The van der Waals surface area contributed by atoms with Crippen LogP contribution in [0.5, 0.6) is 5.75 Å². The summed E-state index contributed by atoms with van der Waals surface area (Å²) in [5.41, 5.74) is 8.12. The first-order valence-electron chi connectivity index (χ1n) is 5.79. The van der Waals surface area contributed by atoms with Gasteiger partial charge in [0, 0.05) is 11.1 Å². The van der Waals surface area contributed by atoms with E-state index in [0.29, 0.717) is 6.61 Å². The highest BCUT2D eigenvalue weighted by Crippen LogP contribution is 2.24. The van der Waals surface area contributed by atoms with Crippen LogP contribution < -0.4 is 10.5 Å². The van der Waals surface area contributed by atoms with Crippen molar-refractivity contribution in [3.63, 3.8) is 0 Å². The number of hydrogen-bond donors (Lipinski definition) is 1. The lowest BCUT2D eigenvalue weighted by atomic mass is 10.1. The molecule has 0 aliphatic carbocycles. The van der Waals surface area contributed by atoms with E-state index < -0.39 is 0 Å². The molecule has 1 atom stereocenters. The van der Waals surface area contributed by atoms with E-state index in [0.717, 1.165) is 22.8 Å². The molecule has 1 unspecified atom stereocenters. The summed E-state index contributed by atoms with van der Waals surface area (Å²) in [6.07, 6.45) is 2.81. The lowest BCUT2D eigenvalue weighted by molar-refractivity contribution is 0.357. The maximum Gasteiger partial charge on any atom is 0.123 e. The average Bonchev–Trinajstić information content (AvgIpc) is 2.20. The molecule has 1 aromatic rings. The van der Waals surface area contributed by atoms with Crippen molar-refractivity contribution in [1.29, 1.82) is 0 Å². The molecule has 0 amide bonds. The van der Waals surface area contributed by atoms with Crippen LogP contribution >= 0.6 is 11.6 Å². The molecule has 0 radical (unpaired) electrons. The second kappa shape index (κ2) is 6.67. The monoisotopic (exact) mass is 253 g/mol. The van der Waals surface area contributed by atoms with Crippen molar-refractivity contribution < 1.29 is 4.74 Å². The minimum atomic E-state index is 0.0965. The van der Waals surface area contributed by atoms with Crippen LogP contribution in [0.25, 0.3) is 0 Å². The van der Waals surface area contributed by atoms with Crippen molar-refractivity contribution >= 4 is 11.6 Å². The molecule has 0 aliphatic rings. The van der Waals surface area contributed by atoms with Crippen molar-refractivity contribution in [1.82, 2.24) is 0 Å². The van der Waals surface area contributed by atoms with Gasteiger partial charge in [-0.2, -0.15) is 0 Å². The van der Waals surface area contributed by atoms with Gasteiger partial charge in [0.15, 0.2) is 0 Å². The van der Waals surface area contributed by atoms with Gasteiger partial charge in [-0.05, 0) is 57.0 Å². The minimum absolute atomic E-state index is 0.0965. The van der Waals surface area contributed by atoms with Gasteiger partial charge in [0.05, 0.1) is 0 Å². The summed E-state index contributed by atoms with van der Waals surface area (Å²) < 4.78 is 5.71.